The van der Waals surface area contributed by atoms with Gasteiger partial charge in [0.1, 0.15) is 11.5 Å². The van der Waals surface area contributed by atoms with E-state index in [4.69, 9.17) is 37.4 Å². The molecule has 0 aliphatic carbocycles. The molecule has 1 heterocycles. The van der Waals surface area contributed by atoms with E-state index in [0.717, 1.165) is 50.6 Å². The third kappa shape index (κ3) is 6.29. The number of carbonyl (C=O) groups is 1. The van der Waals surface area contributed by atoms with E-state index in [9.17, 15) is 4.79 Å². The maximum absolute atomic E-state index is 12.7. The molecular weight excluding hydrogens is 451 g/mol. The highest BCUT2D eigenvalue weighted by Crippen LogP contribution is 2.40. The van der Waals surface area contributed by atoms with Crippen molar-refractivity contribution in [3.63, 3.8) is 0 Å². The fourth-order valence-corrected chi connectivity index (χ4v) is 4.10. The lowest BCUT2D eigenvalue weighted by molar-refractivity contribution is 0.0374. The summed E-state index contributed by atoms with van der Waals surface area (Å²) in [4.78, 5) is 15.0. The fourth-order valence-electron chi connectivity index (χ4n) is 3.57. The van der Waals surface area contributed by atoms with Crippen molar-refractivity contribution in [3.8, 4) is 17.2 Å². The second-order valence-corrected chi connectivity index (χ2v) is 8.75. The molecule has 0 bridgehead atoms. The van der Waals surface area contributed by atoms with E-state index in [-0.39, 0.29) is 22.6 Å². The number of methoxy groups -OCH3 is 1. The zero-order valence-electron chi connectivity index (χ0n) is 18.7. The smallest absolute Gasteiger partial charge is 0.252 e. The Hall–Kier alpha value is -1.99. The minimum absolute atomic E-state index is 0.185. The summed E-state index contributed by atoms with van der Waals surface area (Å²) in [6.07, 6.45) is 0.851. The van der Waals surface area contributed by atoms with Gasteiger partial charge in [0.05, 0.1) is 35.9 Å². The van der Waals surface area contributed by atoms with Crippen LogP contribution in [0.15, 0.2) is 30.3 Å². The maximum atomic E-state index is 12.7. The van der Waals surface area contributed by atoms with Gasteiger partial charge in [-0.2, -0.15) is 0 Å². The second kappa shape index (κ2) is 11.8. The Morgan fingerprint density at radius 3 is 2.62 bits per heavy atom. The van der Waals surface area contributed by atoms with Crippen molar-refractivity contribution < 1.29 is 19.0 Å². The molecule has 1 amide bonds. The lowest BCUT2D eigenvalue weighted by Gasteiger charge is -2.26. The lowest BCUT2D eigenvalue weighted by Crippen LogP contribution is -2.38. The first-order valence-corrected chi connectivity index (χ1v) is 11.6. The molecule has 6 nitrogen and oxygen atoms in total. The number of carbonyl (C=O) groups excluding carboxylic acids is 1. The molecular formula is C24H30Cl2N2O4. The maximum Gasteiger partial charge on any atom is 0.252 e. The Balaban J connectivity index is 1.67. The molecule has 2 aromatic carbocycles. The zero-order valence-corrected chi connectivity index (χ0v) is 20.3. The van der Waals surface area contributed by atoms with E-state index < -0.39 is 0 Å². The predicted octanol–water partition coefficient (Wildman–Crippen LogP) is 5.37. The summed E-state index contributed by atoms with van der Waals surface area (Å²) in [5.41, 5.74) is 1.33. The average Bonchev–Trinajstić information content (AvgIpc) is 2.80. The Kier molecular flexibility index (Phi) is 9.05. The van der Waals surface area contributed by atoms with E-state index in [1.54, 1.807) is 25.3 Å². The minimum Gasteiger partial charge on any atom is -0.496 e. The Labute approximate surface area is 199 Å². The molecule has 1 saturated heterocycles. The Morgan fingerprint density at radius 2 is 1.94 bits per heavy atom. The normalized spacial score (nSPS) is 14.4. The molecule has 1 fully saturated rings. The van der Waals surface area contributed by atoms with Crippen LogP contribution in [0.3, 0.4) is 0 Å². The van der Waals surface area contributed by atoms with Crippen LogP contribution < -0.4 is 14.8 Å². The molecule has 3 rings (SSSR count). The number of hydrogen-bond acceptors (Lipinski definition) is 5. The van der Waals surface area contributed by atoms with Crippen LogP contribution in [0, 0.1) is 0 Å². The largest absolute Gasteiger partial charge is 0.496 e. The van der Waals surface area contributed by atoms with Crippen molar-refractivity contribution in [3.05, 3.63) is 51.5 Å². The first kappa shape index (κ1) is 24.6. The van der Waals surface area contributed by atoms with Crippen molar-refractivity contribution in [1.29, 1.82) is 0 Å². The molecule has 174 valence electrons. The number of nitrogens with one attached hydrogen (secondary N) is 1. The van der Waals surface area contributed by atoms with Gasteiger partial charge in [-0.25, -0.2) is 0 Å². The van der Waals surface area contributed by atoms with E-state index in [0.29, 0.717) is 22.9 Å². The topological polar surface area (TPSA) is 60.0 Å². The third-order valence-corrected chi connectivity index (χ3v) is 6.05. The van der Waals surface area contributed by atoms with Crippen LogP contribution >= 0.6 is 23.2 Å². The summed E-state index contributed by atoms with van der Waals surface area (Å²) in [6, 6.07) is 8.77. The Morgan fingerprint density at radius 1 is 1.19 bits per heavy atom. The van der Waals surface area contributed by atoms with Gasteiger partial charge in [0.25, 0.3) is 5.91 Å². The van der Waals surface area contributed by atoms with Crippen molar-refractivity contribution in [2.24, 2.45) is 0 Å². The van der Waals surface area contributed by atoms with Gasteiger partial charge in [-0.15, -0.1) is 0 Å². The first-order valence-electron chi connectivity index (χ1n) is 10.8. The molecule has 8 heteroatoms. The van der Waals surface area contributed by atoms with Gasteiger partial charge in [0, 0.05) is 25.2 Å². The van der Waals surface area contributed by atoms with Crippen LogP contribution in [-0.2, 0) is 4.74 Å². The number of rotatable bonds is 9. The molecule has 0 radical (unpaired) electrons. The minimum atomic E-state index is -0.254. The lowest BCUT2D eigenvalue weighted by atomic mass is 10.0. The molecule has 0 aromatic heterocycles. The third-order valence-electron chi connectivity index (χ3n) is 5.38. The quantitative estimate of drug-likeness (QED) is 0.488. The number of halogens is 2. The van der Waals surface area contributed by atoms with E-state index in [1.165, 1.54) is 0 Å². The van der Waals surface area contributed by atoms with Gasteiger partial charge < -0.3 is 19.5 Å². The monoisotopic (exact) mass is 480 g/mol. The van der Waals surface area contributed by atoms with E-state index in [1.807, 2.05) is 12.1 Å². The van der Waals surface area contributed by atoms with Gasteiger partial charge in [0.15, 0.2) is 5.75 Å². The molecule has 0 atom stereocenters. The molecule has 1 aliphatic rings. The summed E-state index contributed by atoms with van der Waals surface area (Å²) in [5, 5.41) is 3.45. The van der Waals surface area contributed by atoms with Crippen LogP contribution in [0.1, 0.15) is 42.1 Å². The highest BCUT2D eigenvalue weighted by atomic mass is 35.5. The van der Waals surface area contributed by atoms with Gasteiger partial charge >= 0.3 is 0 Å². The van der Waals surface area contributed by atoms with Gasteiger partial charge in [0.2, 0.25) is 0 Å². The Bertz CT molecular complexity index is 930. The summed E-state index contributed by atoms with van der Waals surface area (Å²) in [5.74, 6) is 1.61. The zero-order chi connectivity index (χ0) is 23.1. The van der Waals surface area contributed by atoms with Crippen LogP contribution in [0.5, 0.6) is 17.2 Å². The molecule has 0 saturated carbocycles. The number of ether oxygens (including phenoxy) is 3. The predicted molar refractivity (Wildman–Crippen MR) is 128 cm³/mol. The first-order chi connectivity index (χ1) is 15.4. The van der Waals surface area contributed by atoms with Gasteiger partial charge in [-0.05, 0) is 49.2 Å². The number of nitrogens with zero attached hydrogens (tertiary/aromatic N) is 1. The summed E-state index contributed by atoms with van der Waals surface area (Å²) in [7, 11) is 1.64. The summed E-state index contributed by atoms with van der Waals surface area (Å²) in [6.45, 7) is 9.02. The van der Waals surface area contributed by atoms with Crippen LogP contribution in [0.25, 0.3) is 0 Å². The van der Waals surface area contributed by atoms with E-state index in [2.05, 4.69) is 24.1 Å². The average molecular weight is 481 g/mol. The molecule has 1 N–H and O–H groups in total. The summed E-state index contributed by atoms with van der Waals surface area (Å²) >= 11 is 12.9. The summed E-state index contributed by atoms with van der Waals surface area (Å²) < 4.78 is 16.8. The SMILES string of the molecule is COc1ccc(Oc2c(Cl)ccc(C(=O)NCCCN3CCOCC3)c2Cl)cc1C(C)C. The molecule has 0 spiro atoms. The standard InChI is InChI=1S/C24H30Cl2N2O4/c1-16(2)19-15-17(5-8-21(19)30-3)32-23-20(25)7-6-18(22(23)26)24(29)27-9-4-10-28-11-13-31-14-12-28/h5-8,15-16H,4,9-14H2,1-3H3,(H,27,29). The number of morpholine rings is 1. The molecule has 32 heavy (non-hydrogen) atoms. The second-order valence-electron chi connectivity index (χ2n) is 7.96. The van der Waals surface area contributed by atoms with Gasteiger partial charge in [-0.1, -0.05) is 37.0 Å². The van der Waals surface area contributed by atoms with Crippen molar-refractivity contribution >= 4 is 29.1 Å². The van der Waals surface area contributed by atoms with Crippen LogP contribution in [-0.4, -0.2) is 57.3 Å². The fraction of sp³-hybridized carbons (Fsp3) is 0.458. The number of hydrogen-bond donors (Lipinski definition) is 1. The van der Waals surface area contributed by atoms with Crippen molar-refractivity contribution in [1.82, 2.24) is 10.2 Å². The van der Waals surface area contributed by atoms with Crippen molar-refractivity contribution in [2.75, 3.05) is 46.5 Å². The van der Waals surface area contributed by atoms with Gasteiger partial charge in [-0.3, -0.25) is 9.69 Å². The number of amides is 1. The molecule has 1 aliphatic heterocycles. The van der Waals surface area contributed by atoms with Crippen LogP contribution in [0.4, 0.5) is 0 Å². The highest BCUT2D eigenvalue weighted by Gasteiger charge is 2.19. The van der Waals surface area contributed by atoms with Crippen molar-refractivity contribution in [2.45, 2.75) is 26.2 Å². The highest BCUT2D eigenvalue weighted by molar-refractivity contribution is 6.39. The molecule has 0 unspecified atom stereocenters. The van der Waals surface area contributed by atoms with E-state index >= 15 is 0 Å². The number of benzene rings is 2. The van der Waals surface area contributed by atoms with Crippen LogP contribution in [0.2, 0.25) is 10.0 Å². The molecule has 2 aromatic rings.